The van der Waals surface area contributed by atoms with Crippen molar-refractivity contribution in [1.82, 2.24) is 24.6 Å². The molecule has 3 aromatic carbocycles. The molecule has 1 aliphatic heterocycles. The minimum atomic E-state index is -0.476. The molecule has 1 aliphatic rings. The van der Waals surface area contributed by atoms with E-state index in [2.05, 4.69) is 10.3 Å². The SMILES string of the molecule is O=C1NC(=O)C(c2nn(CCCO)c3ccccc23)=C1c1cn(-c2cncc3ccccc23)c2ccccc12. The van der Waals surface area contributed by atoms with Crippen molar-refractivity contribution >= 4 is 55.5 Å². The summed E-state index contributed by atoms with van der Waals surface area (Å²) in [5.41, 5.74) is 4.24. The summed E-state index contributed by atoms with van der Waals surface area (Å²) in [6, 6.07) is 23.5. The maximum absolute atomic E-state index is 13.4. The third-order valence-electron chi connectivity index (χ3n) is 7.24. The summed E-state index contributed by atoms with van der Waals surface area (Å²) in [6.07, 6.45) is 6.07. The molecule has 0 unspecified atom stereocenters. The molecular weight excluding hydrogens is 490 g/mol. The average Bonchev–Trinajstić information content (AvgIpc) is 3.62. The van der Waals surface area contributed by atoms with Gasteiger partial charge in [-0.1, -0.05) is 60.7 Å². The van der Waals surface area contributed by atoms with Gasteiger partial charge in [-0.3, -0.25) is 24.6 Å². The van der Waals surface area contributed by atoms with Crippen molar-refractivity contribution < 1.29 is 14.7 Å². The number of rotatable bonds is 6. The van der Waals surface area contributed by atoms with Crippen LogP contribution in [0.15, 0.2) is 91.4 Å². The molecule has 4 heterocycles. The van der Waals surface area contributed by atoms with Gasteiger partial charge in [0.05, 0.1) is 34.1 Å². The lowest BCUT2D eigenvalue weighted by Crippen LogP contribution is -2.22. The number of carbonyl (C=O) groups is 2. The van der Waals surface area contributed by atoms with Crippen LogP contribution in [-0.2, 0) is 16.1 Å². The van der Waals surface area contributed by atoms with Crippen LogP contribution in [0.1, 0.15) is 17.7 Å². The molecule has 39 heavy (non-hydrogen) atoms. The van der Waals surface area contributed by atoms with E-state index in [0.29, 0.717) is 29.8 Å². The Bertz CT molecular complexity index is 1980. The molecule has 8 heteroatoms. The first-order chi connectivity index (χ1) is 19.2. The van der Waals surface area contributed by atoms with E-state index >= 15 is 0 Å². The van der Waals surface area contributed by atoms with Crippen molar-refractivity contribution in [2.45, 2.75) is 13.0 Å². The molecule has 190 valence electrons. The number of benzene rings is 3. The van der Waals surface area contributed by atoms with Crippen LogP contribution in [0.4, 0.5) is 0 Å². The Morgan fingerprint density at radius 3 is 2.28 bits per heavy atom. The summed E-state index contributed by atoms with van der Waals surface area (Å²) < 4.78 is 3.81. The highest BCUT2D eigenvalue weighted by molar-refractivity contribution is 6.50. The maximum Gasteiger partial charge on any atom is 0.261 e. The Morgan fingerprint density at radius 1 is 0.769 bits per heavy atom. The molecule has 8 nitrogen and oxygen atoms in total. The summed E-state index contributed by atoms with van der Waals surface area (Å²) >= 11 is 0. The zero-order valence-electron chi connectivity index (χ0n) is 20.8. The Morgan fingerprint density at radius 2 is 1.46 bits per heavy atom. The van der Waals surface area contributed by atoms with Gasteiger partial charge in [-0.2, -0.15) is 5.10 Å². The highest BCUT2D eigenvalue weighted by Crippen LogP contribution is 2.39. The van der Waals surface area contributed by atoms with Gasteiger partial charge in [0.15, 0.2) is 0 Å². The summed E-state index contributed by atoms with van der Waals surface area (Å²) in [7, 11) is 0. The second-order valence-electron chi connectivity index (χ2n) is 9.51. The highest BCUT2D eigenvalue weighted by Gasteiger charge is 2.36. The number of imide groups is 1. The smallest absolute Gasteiger partial charge is 0.261 e. The first-order valence-corrected chi connectivity index (χ1v) is 12.8. The second-order valence-corrected chi connectivity index (χ2v) is 9.51. The number of nitrogens with one attached hydrogen (secondary N) is 1. The maximum atomic E-state index is 13.4. The number of aliphatic hydroxyl groups excluding tert-OH is 1. The van der Waals surface area contributed by atoms with E-state index in [4.69, 9.17) is 5.10 Å². The van der Waals surface area contributed by atoms with E-state index in [1.807, 2.05) is 96.0 Å². The predicted molar refractivity (Wildman–Crippen MR) is 150 cm³/mol. The molecular formula is C31H23N5O3. The van der Waals surface area contributed by atoms with Gasteiger partial charge in [0.25, 0.3) is 11.8 Å². The largest absolute Gasteiger partial charge is 0.396 e. The topological polar surface area (TPSA) is 102 Å². The monoisotopic (exact) mass is 513 g/mol. The second kappa shape index (κ2) is 9.04. The van der Waals surface area contributed by atoms with Gasteiger partial charge >= 0.3 is 0 Å². The molecule has 2 amide bonds. The molecule has 7 rings (SSSR count). The van der Waals surface area contributed by atoms with Crippen LogP contribution < -0.4 is 5.32 Å². The first-order valence-electron chi connectivity index (χ1n) is 12.8. The van der Waals surface area contributed by atoms with E-state index in [1.165, 1.54) is 0 Å². The first kappa shape index (κ1) is 23.1. The number of hydrogen-bond acceptors (Lipinski definition) is 5. The zero-order valence-corrected chi connectivity index (χ0v) is 20.8. The van der Waals surface area contributed by atoms with Crippen molar-refractivity contribution in [2.24, 2.45) is 0 Å². The number of carbonyl (C=O) groups excluding carboxylic acids is 2. The van der Waals surface area contributed by atoms with Crippen LogP contribution in [0.3, 0.4) is 0 Å². The number of amides is 2. The van der Waals surface area contributed by atoms with Crippen molar-refractivity contribution in [3.05, 3.63) is 103 Å². The third-order valence-corrected chi connectivity index (χ3v) is 7.24. The van der Waals surface area contributed by atoms with Crippen molar-refractivity contribution in [2.75, 3.05) is 6.61 Å². The molecule has 0 saturated carbocycles. The fourth-order valence-electron chi connectivity index (χ4n) is 5.51. The highest BCUT2D eigenvalue weighted by atomic mass is 16.3. The number of aliphatic hydroxyl groups is 1. The summed E-state index contributed by atoms with van der Waals surface area (Å²) in [5.74, 6) is -0.931. The van der Waals surface area contributed by atoms with E-state index in [0.717, 1.165) is 38.3 Å². The lowest BCUT2D eigenvalue weighted by Gasteiger charge is -2.08. The molecule has 0 aliphatic carbocycles. The molecule has 2 N–H and O–H groups in total. The van der Waals surface area contributed by atoms with Gasteiger partial charge in [-0.15, -0.1) is 0 Å². The summed E-state index contributed by atoms with van der Waals surface area (Å²) in [5, 5.41) is 20.3. The van der Waals surface area contributed by atoms with Crippen molar-refractivity contribution in [3.63, 3.8) is 0 Å². The van der Waals surface area contributed by atoms with Gasteiger partial charge in [0.1, 0.15) is 5.69 Å². The number of pyridine rings is 1. The molecule has 0 spiro atoms. The lowest BCUT2D eigenvalue weighted by atomic mass is 9.97. The van der Waals surface area contributed by atoms with Crippen LogP contribution >= 0.6 is 0 Å². The summed E-state index contributed by atoms with van der Waals surface area (Å²) in [4.78, 5) is 31.2. The molecule has 0 atom stereocenters. The Labute approximate surface area is 222 Å². The fourth-order valence-corrected chi connectivity index (χ4v) is 5.51. The van der Waals surface area contributed by atoms with Crippen LogP contribution in [0.2, 0.25) is 0 Å². The minimum Gasteiger partial charge on any atom is -0.396 e. The van der Waals surface area contributed by atoms with Crippen LogP contribution in [0.5, 0.6) is 0 Å². The molecule has 0 saturated heterocycles. The van der Waals surface area contributed by atoms with Crippen LogP contribution in [0, 0.1) is 0 Å². The molecule has 0 fully saturated rings. The van der Waals surface area contributed by atoms with Crippen molar-refractivity contribution in [1.29, 1.82) is 0 Å². The van der Waals surface area contributed by atoms with Crippen LogP contribution in [0.25, 0.3) is 49.4 Å². The lowest BCUT2D eigenvalue weighted by molar-refractivity contribution is -0.122. The molecule has 0 radical (unpaired) electrons. The third kappa shape index (κ3) is 3.57. The Kier molecular flexibility index (Phi) is 5.35. The van der Waals surface area contributed by atoms with Crippen LogP contribution in [-0.4, -0.2) is 42.9 Å². The van der Waals surface area contributed by atoms with Gasteiger partial charge in [0, 0.05) is 52.7 Å². The van der Waals surface area contributed by atoms with Crippen molar-refractivity contribution in [3.8, 4) is 5.69 Å². The van der Waals surface area contributed by atoms with Gasteiger partial charge < -0.3 is 9.67 Å². The predicted octanol–water partition coefficient (Wildman–Crippen LogP) is 4.48. The molecule has 3 aromatic heterocycles. The number of aryl methyl sites for hydroxylation is 1. The quantitative estimate of drug-likeness (QED) is 0.320. The average molecular weight is 514 g/mol. The van der Waals surface area contributed by atoms with Gasteiger partial charge in [0.2, 0.25) is 0 Å². The zero-order chi connectivity index (χ0) is 26.5. The fraction of sp³-hybridized carbons (Fsp3) is 0.0968. The van der Waals surface area contributed by atoms with E-state index < -0.39 is 11.8 Å². The Hall–Kier alpha value is -5.08. The van der Waals surface area contributed by atoms with E-state index in [-0.39, 0.29) is 12.2 Å². The Balaban J connectivity index is 1.51. The van der Waals surface area contributed by atoms with E-state index in [9.17, 15) is 14.7 Å². The number of fused-ring (bicyclic) bond motifs is 3. The summed E-state index contributed by atoms with van der Waals surface area (Å²) in [6.45, 7) is 0.515. The van der Waals surface area contributed by atoms with Gasteiger partial charge in [-0.05, 0) is 18.6 Å². The van der Waals surface area contributed by atoms with E-state index in [1.54, 1.807) is 4.68 Å². The number of hydrogen-bond donors (Lipinski definition) is 2. The molecule has 0 bridgehead atoms. The number of para-hydroxylation sites is 2. The standard InChI is InChI=1S/C31H23N5O3/c37-15-7-14-36-25-13-6-4-11-22(25)29(34-36)28-27(30(38)33-31(28)39)23-18-35(24-12-5-3-10-21(23)24)26-17-32-16-19-8-1-2-9-20(19)26/h1-6,8-13,16-18,37H,7,14-15H2,(H,33,38,39). The van der Waals surface area contributed by atoms with Gasteiger partial charge in [-0.25, -0.2) is 0 Å². The molecule has 6 aromatic rings. The normalized spacial score (nSPS) is 13.8. The minimum absolute atomic E-state index is 0.0268. The number of aromatic nitrogens is 4. The number of nitrogens with zero attached hydrogens (tertiary/aromatic N) is 4.